The minimum absolute atomic E-state index is 0.0362. The number of amides is 2. The van der Waals surface area contributed by atoms with E-state index >= 15 is 0 Å². The molecule has 1 aromatic rings. The first-order valence-corrected chi connectivity index (χ1v) is 5.38. The molecule has 2 rings (SSSR count). The lowest BCUT2D eigenvalue weighted by Gasteiger charge is -2.18. The highest BCUT2D eigenvalue weighted by Gasteiger charge is 2.34. The van der Waals surface area contributed by atoms with Crippen molar-refractivity contribution in [1.29, 1.82) is 0 Å². The summed E-state index contributed by atoms with van der Waals surface area (Å²) in [7, 11) is 0. The van der Waals surface area contributed by atoms with Crippen LogP contribution < -0.4 is 10.6 Å². The Bertz CT molecular complexity index is 485. The summed E-state index contributed by atoms with van der Waals surface area (Å²) in [6, 6.07) is 5.01. The highest BCUT2D eigenvalue weighted by atomic mass is 16.3. The Balaban J connectivity index is 2.32. The van der Waals surface area contributed by atoms with Crippen molar-refractivity contribution in [3.8, 4) is 5.75 Å². The summed E-state index contributed by atoms with van der Waals surface area (Å²) >= 11 is 0. The molecular formula is C12H14N2O3. The van der Waals surface area contributed by atoms with Gasteiger partial charge in [0.05, 0.1) is 11.6 Å². The molecule has 5 nitrogen and oxygen atoms in total. The number of aromatic hydroxyl groups is 1. The summed E-state index contributed by atoms with van der Waals surface area (Å²) in [5.74, 6) is -1.10. The molecular weight excluding hydrogens is 220 g/mol. The molecule has 0 saturated carbocycles. The van der Waals surface area contributed by atoms with Gasteiger partial charge in [0.25, 0.3) is 0 Å². The van der Waals surface area contributed by atoms with E-state index in [0.717, 1.165) is 5.56 Å². The van der Waals surface area contributed by atoms with Gasteiger partial charge in [-0.1, -0.05) is 6.07 Å². The van der Waals surface area contributed by atoms with E-state index in [1.807, 2.05) is 6.92 Å². The lowest BCUT2D eigenvalue weighted by atomic mass is 10.1. The third-order valence-electron chi connectivity index (χ3n) is 2.95. The number of nitrogens with zero attached hydrogens (tertiary/aromatic N) is 1. The van der Waals surface area contributed by atoms with E-state index in [1.54, 1.807) is 12.1 Å². The van der Waals surface area contributed by atoms with E-state index < -0.39 is 11.8 Å². The molecule has 1 atom stereocenters. The molecule has 1 fully saturated rings. The Morgan fingerprint density at radius 2 is 2.24 bits per heavy atom. The molecule has 1 saturated heterocycles. The summed E-state index contributed by atoms with van der Waals surface area (Å²) < 4.78 is 0. The minimum Gasteiger partial charge on any atom is -0.506 e. The first-order valence-electron chi connectivity index (χ1n) is 5.38. The maximum Gasteiger partial charge on any atom is 0.227 e. The topological polar surface area (TPSA) is 83.6 Å². The second kappa shape index (κ2) is 4.08. The molecule has 3 N–H and O–H groups in total. The van der Waals surface area contributed by atoms with Crippen LogP contribution in [0.1, 0.15) is 12.0 Å². The highest BCUT2D eigenvalue weighted by molar-refractivity contribution is 6.01. The van der Waals surface area contributed by atoms with Crippen LogP contribution in [0.2, 0.25) is 0 Å². The van der Waals surface area contributed by atoms with E-state index in [-0.39, 0.29) is 24.6 Å². The Labute approximate surface area is 98.8 Å². The van der Waals surface area contributed by atoms with Crippen molar-refractivity contribution in [3.63, 3.8) is 0 Å². The van der Waals surface area contributed by atoms with Gasteiger partial charge in [-0.3, -0.25) is 9.59 Å². The van der Waals surface area contributed by atoms with Crippen molar-refractivity contribution < 1.29 is 14.7 Å². The normalized spacial score (nSPS) is 19.7. The molecule has 0 aromatic heterocycles. The second-order valence-corrected chi connectivity index (χ2v) is 4.30. The van der Waals surface area contributed by atoms with Gasteiger partial charge in [0.1, 0.15) is 5.75 Å². The van der Waals surface area contributed by atoms with Crippen LogP contribution >= 0.6 is 0 Å². The van der Waals surface area contributed by atoms with Crippen LogP contribution in [0.3, 0.4) is 0 Å². The standard InChI is InChI=1S/C12H14N2O3/c1-7-2-3-10(15)9(4-7)14-6-8(12(13)17)5-11(14)16/h2-4,8,15H,5-6H2,1H3,(H2,13,17). The van der Waals surface area contributed by atoms with Gasteiger partial charge in [0, 0.05) is 13.0 Å². The molecule has 5 heteroatoms. The number of carbonyl (C=O) groups excluding carboxylic acids is 2. The van der Waals surface area contributed by atoms with Crippen molar-refractivity contribution in [2.24, 2.45) is 11.7 Å². The van der Waals surface area contributed by atoms with Crippen LogP contribution in [0.4, 0.5) is 5.69 Å². The lowest BCUT2D eigenvalue weighted by Crippen LogP contribution is -2.28. The molecule has 1 aliphatic heterocycles. The van der Waals surface area contributed by atoms with Crippen molar-refractivity contribution >= 4 is 17.5 Å². The Hall–Kier alpha value is -2.04. The molecule has 90 valence electrons. The maximum absolute atomic E-state index is 11.8. The van der Waals surface area contributed by atoms with Crippen molar-refractivity contribution in [2.45, 2.75) is 13.3 Å². The second-order valence-electron chi connectivity index (χ2n) is 4.30. The smallest absolute Gasteiger partial charge is 0.227 e. The molecule has 1 heterocycles. The van der Waals surface area contributed by atoms with Gasteiger partial charge in [0.15, 0.2) is 0 Å². The number of rotatable bonds is 2. The fraction of sp³-hybridized carbons (Fsp3) is 0.333. The first kappa shape index (κ1) is 11.4. The zero-order valence-electron chi connectivity index (χ0n) is 9.51. The van der Waals surface area contributed by atoms with Crippen molar-refractivity contribution in [1.82, 2.24) is 0 Å². The first-order chi connectivity index (χ1) is 7.99. The maximum atomic E-state index is 11.8. The molecule has 0 radical (unpaired) electrons. The van der Waals surface area contributed by atoms with Gasteiger partial charge in [-0.2, -0.15) is 0 Å². The van der Waals surface area contributed by atoms with Crippen LogP contribution in [0.15, 0.2) is 18.2 Å². The predicted octanol–water partition coefficient (Wildman–Crippen LogP) is 0.539. The SMILES string of the molecule is Cc1ccc(O)c(N2CC(C(N)=O)CC2=O)c1. The van der Waals surface area contributed by atoms with Gasteiger partial charge < -0.3 is 15.7 Å². The third kappa shape index (κ3) is 2.08. The number of phenols is 1. The number of carbonyl (C=O) groups is 2. The predicted molar refractivity (Wildman–Crippen MR) is 62.5 cm³/mol. The molecule has 1 aliphatic rings. The number of primary amides is 1. The van der Waals surface area contributed by atoms with Gasteiger partial charge in [0.2, 0.25) is 11.8 Å². The van der Waals surface area contributed by atoms with E-state index in [4.69, 9.17) is 5.73 Å². The van der Waals surface area contributed by atoms with Crippen molar-refractivity contribution in [2.75, 3.05) is 11.4 Å². The van der Waals surface area contributed by atoms with Crippen LogP contribution in [0.25, 0.3) is 0 Å². The van der Waals surface area contributed by atoms with Gasteiger partial charge in [-0.05, 0) is 24.6 Å². The van der Waals surface area contributed by atoms with Crippen LogP contribution in [-0.4, -0.2) is 23.5 Å². The molecule has 0 bridgehead atoms. The summed E-state index contributed by atoms with van der Waals surface area (Å²) in [4.78, 5) is 24.2. The molecule has 1 aromatic carbocycles. The van der Waals surface area contributed by atoms with E-state index in [9.17, 15) is 14.7 Å². The zero-order chi connectivity index (χ0) is 12.6. The van der Waals surface area contributed by atoms with Gasteiger partial charge >= 0.3 is 0 Å². The molecule has 0 aliphatic carbocycles. The van der Waals surface area contributed by atoms with Gasteiger partial charge in [-0.15, -0.1) is 0 Å². The summed E-state index contributed by atoms with van der Waals surface area (Å²) in [6.07, 6.45) is 0.114. The van der Waals surface area contributed by atoms with Crippen LogP contribution in [0.5, 0.6) is 5.75 Å². The summed E-state index contributed by atoms with van der Waals surface area (Å²) in [6.45, 7) is 2.11. The Morgan fingerprint density at radius 3 is 2.82 bits per heavy atom. The number of benzene rings is 1. The quantitative estimate of drug-likeness (QED) is 0.783. The molecule has 17 heavy (non-hydrogen) atoms. The number of phenolic OH excluding ortho intramolecular Hbond substituents is 1. The summed E-state index contributed by atoms with van der Waals surface area (Å²) in [5, 5.41) is 9.73. The summed E-state index contributed by atoms with van der Waals surface area (Å²) in [5.41, 5.74) is 6.57. The average molecular weight is 234 g/mol. The third-order valence-corrected chi connectivity index (χ3v) is 2.95. The largest absolute Gasteiger partial charge is 0.506 e. The highest BCUT2D eigenvalue weighted by Crippen LogP contribution is 2.32. The lowest BCUT2D eigenvalue weighted by molar-refractivity contribution is -0.123. The van der Waals surface area contributed by atoms with E-state index in [2.05, 4.69) is 0 Å². The van der Waals surface area contributed by atoms with Crippen LogP contribution in [0, 0.1) is 12.8 Å². The Kier molecular flexibility index (Phi) is 2.75. The fourth-order valence-electron chi connectivity index (χ4n) is 1.98. The number of aryl methyl sites for hydroxylation is 1. The average Bonchev–Trinajstić information content (AvgIpc) is 2.64. The molecule has 2 amide bonds. The van der Waals surface area contributed by atoms with Crippen LogP contribution in [-0.2, 0) is 9.59 Å². The minimum atomic E-state index is -0.479. The Morgan fingerprint density at radius 1 is 1.53 bits per heavy atom. The van der Waals surface area contributed by atoms with Crippen molar-refractivity contribution in [3.05, 3.63) is 23.8 Å². The molecule has 1 unspecified atom stereocenters. The fourth-order valence-corrected chi connectivity index (χ4v) is 1.98. The molecule has 0 spiro atoms. The van der Waals surface area contributed by atoms with E-state index in [0.29, 0.717) is 5.69 Å². The number of hydrogen-bond donors (Lipinski definition) is 2. The number of nitrogens with two attached hydrogens (primary N) is 1. The number of anilines is 1. The number of hydrogen-bond acceptors (Lipinski definition) is 3. The van der Waals surface area contributed by atoms with Gasteiger partial charge in [-0.25, -0.2) is 0 Å². The van der Waals surface area contributed by atoms with E-state index in [1.165, 1.54) is 11.0 Å². The monoisotopic (exact) mass is 234 g/mol. The zero-order valence-corrected chi connectivity index (χ0v) is 9.51.